The Morgan fingerprint density at radius 3 is 2.50 bits per heavy atom. The van der Waals surface area contributed by atoms with Gasteiger partial charge in [-0.2, -0.15) is 31.4 Å². The summed E-state index contributed by atoms with van der Waals surface area (Å²) in [6.07, 6.45) is -7.73. The number of rotatable bonds is 6. The Labute approximate surface area is 258 Å². The molecular weight excluding hydrogens is 630 g/mol. The number of alkyl halides is 6. The van der Waals surface area contributed by atoms with Gasteiger partial charge in [0.2, 0.25) is 5.88 Å². The van der Waals surface area contributed by atoms with E-state index < -0.39 is 99.0 Å². The number of ether oxygens (including phenoxy) is 1. The number of hydrogen-bond donors (Lipinski definition) is 4. The minimum absolute atomic E-state index is 0.00742. The fourth-order valence-corrected chi connectivity index (χ4v) is 5.27. The Hall–Kier alpha value is -4.41. The van der Waals surface area contributed by atoms with Gasteiger partial charge in [-0.3, -0.25) is 9.48 Å². The topological polar surface area (TPSA) is 119 Å². The molecule has 0 spiro atoms. The Morgan fingerprint density at radius 2 is 1.87 bits per heavy atom. The van der Waals surface area contributed by atoms with Crippen LogP contribution in [0.2, 0.25) is 0 Å². The van der Waals surface area contributed by atoms with E-state index in [0.29, 0.717) is 18.7 Å². The molecule has 0 bridgehead atoms. The maximum atomic E-state index is 16.5. The Bertz CT molecular complexity index is 1640. The first-order valence-corrected chi connectivity index (χ1v) is 14.0. The van der Waals surface area contributed by atoms with Crippen LogP contribution in [0.3, 0.4) is 0 Å². The van der Waals surface area contributed by atoms with Crippen LogP contribution in [0.1, 0.15) is 52.5 Å². The van der Waals surface area contributed by atoms with Crippen LogP contribution >= 0.6 is 0 Å². The Kier molecular flexibility index (Phi) is 9.84. The average Bonchev–Trinajstić information content (AvgIpc) is 3.32. The molecular formula is C29H31F8N7O2. The number of pyridine rings is 1. The largest absolute Gasteiger partial charge is 0.474 e. The van der Waals surface area contributed by atoms with Crippen LogP contribution in [0.4, 0.5) is 46.5 Å². The maximum absolute atomic E-state index is 16.5. The van der Waals surface area contributed by atoms with E-state index in [1.165, 1.54) is 7.05 Å². The Balaban J connectivity index is 1.99. The number of nitrogen functional groups attached to an aromatic ring is 1. The lowest BCUT2D eigenvalue weighted by Crippen LogP contribution is -2.38. The first-order valence-electron chi connectivity index (χ1n) is 14.0. The normalized spacial score (nSPS) is 17.8. The van der Waals surface area contributed by atoms with Crippen molar-refractivity contribution in [1.29, 1.82) is 0 Å². The van der Waals surface area contributed by atoms with Crippen LogP contribution in [0.15, 0.2) is 24.9 Å². The molecule has 0 radical (unpaired) electrons. The van der Waals surface area contributed by atoms with Gasteiger partial charge in [-0.25, -0.2) is 13.8 Å². The molecule has 2 unspecified atom stereocenters. The molecule has 0 saturated carbocycles. The molecule has 2 aromatic heterocycles. The number of halogens is 8. The second kappa shape index (κ2) is 13.1. The van der Waals surface area contributed by atoms with Gasteiger partial charge in [0.05, 0.1) is 40.8 Å². The van der Waals surface area contributed by atoms with Crippen LogP contribution in [-0.2, 0) is 25.9 Å². The fourth-order valence-electron chi connectivity index (χ4n) is 5.27. The lowest BCUT2D eigenvalue weighted by Gasteiger charge is -2.24. The third-order valence-corrected chi connectivity index (χ3v) is 7.26. The van der Waals surface area contributed by atoms with Gasteiger partial charge in [-0.1, -0.05) is 6.08 Å². The highest BCUT2D eigenvalue weighted by atomic mass is 19.4. The van der Waals surface area contributed by atoms with E-state index in [9.17, 15) is 35.5 Å². The highest BCUT2D eigenvalue weighted by molar-refractivity contribution is 6.03. The van der Waals surface area contributed by atoms with Gasteiger partial charge in [-0.15, -0.1) is 6.58 Å². The monoisotopic (exact) mass is 661 g/mol. The van der Waals surface area contributed by atoms with E-state index in [2.05, 4.69) is 32.6 Å². The quantitative estimate of drug-likeness (QED) is 0.151. The van der Waals surface area contributed by atoms with Crippen LogP contribution in [0.25, 0.3) is 11.3 Å². The van der Waals surface area contributed by atoms with Crippen LogP contribution in [0, 0.1) is 18.6 Å². The van der Waals surface area contributed by atoms with Crippen LogP contribution in [0.5, 0.6) is 5.88 Å². The molecule has 1 aliphatic heterocycles. The Morgan fingerprint density at radius 1 is 1.17 bits per heavy atom. The van der Waals surface area contributed by atoms with Crippen molar-refractivity contribution in [1.82, 2.24) is 25.4 Å². The molecule has 0 fully saturated rings. The van der Waals surface area contributed by atoms with Gasteiger partial charge in [0, 0.05) is 37.9 Å². The summed E-state index contributed by atoms with van der Waals surface area (Å²) in [4.78, 5) is 17.5. The van der Waals surface area contributed by atoms with E-state index in [1.807, 2.05) is 0 Å². The van der Waals surface area contributed by atoms with Crippen molar-refractivity contribution < 1.29 is 44.7 Å². The minimum atomic E-state index is -5.22. The third-order valence-electron chi connectivity index (χ3n) is 7.26. The van der Waals surface area contributed by atoms with Crippen molar-refractivity contribution in [2.45, 2.75) is 57.7 Å². The number of anilines is 2. The van der Waals surface area contributed by atoms with Gasteiger partial charge in [-0.05, 0) is 38.3 Å². The molecule has 1 aromatic carbocycles. The molecule has 3 aromatic rings. The minimum Gasteiger partial charge on any atom is -0.474 e. The molecule has 250 valence electrons. The number of benzene rings is 1. The lowest BCUT2D eigenvalue weighted by atomic mass is 9.95. The molecule has 1 aliphatic rings. The summed E-state index contributed by atoms with van der Waals surface area (Å²) in [5.41, 5.74) is -2.83. The second-order valence-corrected chi connectivity index (χ2v) is 10.8. The van der Waals surface area contributed by atoms with Crippen LogP contribution < -0.4 is 26.4 Å². The van der Waals surface area contributed by atoms with Gasteiger partial charge >= 0.3 is 12.4 Å². The molecule has 9 nitrogen and oxygen atoms in total. The van der Waals surface area contributed by atoms with Crippen molar-refractivity contribution in [3.63, 3.8) is 0 Å². The average molecular weight is 662 g/mol. The first kappa shape index (κ1) is 34.5. The number of aryl methyl sites for hydroxylation is 1. The van der Waals surface area contributed by atoms with Crippen molar-refractivity contribution in [2.24, 2.45) is 7.05 Å². The lowest BCUT2D eigenvalue weighted by molar-refractivity contribution is -0.138. The van der Waals surface area contributed by atoms with E-state index in [0.717, 1.165) is 11.6 Å². The standard InChI is InChI=1S/C29H31F8N7O2/c1-5-6-15-9-13(2)46-27-20(26(45)40-8-7-39-15)25(41-11-19-17(28(32,33)34)12-44(4)43-19)23(31)24(42-27)16-10-18(38)22(30)14(3)21(16)29(35,36)37/h5,10,12-13,15,39H,1,6-9,11,38H2,2-4H3,(H,40,45)(H,41,42). The summed E-state index contributed by atoms with van der Waals surface area (Å²) in [5.74, 6) is -4.53. The zero-order valence-electron chi connectivity index (χ0n) is 24.9. The molecule has 0 saturated heterocycles. The number of fused-ring (bicyclic) bond motifs is 1. The predicted molar refractivity (Wildman–Crippen MR) is 153 cm³/mol. The number of carbonyl (C=O) groups is 1. The summed E-state index contributed by atoms with van der Waals surface area (Å²) in [5, 5.41) is 11.9. The highest BCUT2D eigenvalue weighted by Gasteiger charge is 2.40. The summed E-state index contributed by atoms with van der Waals surface area (Å²) in [6.45, 7) is 5.55. The number of carbonyl (C=O) groups excluding carboxylic acids is 1. The molecule has 0 aliphatic carbocycles. The van der Waals surface area contributed by atoms with Gasteiger partial charge in [0.1, 0.15) is 17.1 Å². The second-order valence-electron chi connectivity index (χ2n) is 10.8. The molecule has 1 amide bonds. The number of nitrogens with two attached hydrogens (primary N) is 1. The molecule has 4 rings (SSSR count). The number of amides is 1. The number of aromatic nitrogens is 3. The SMILES string of the molecule is C=CCC1CC(C)Oc2nc(-c3cc(N)c(F)c(C)c3C(F)(F)F)c(F)c(NCc3nn(C)cc3C(F)(F)F)c2C(=O)NCCN1. The van der Waals surface area contributed by atoms with E-state index in [-0.39, 0.29) is 25.6 Å². The zero-order valence-corrected chi connectivity index (χ0v) is 24.9. The number of nitrogens with zero attached hydrogens (tertiary/aromatic N) is 3. The molecule has 2 atom stereocenters. The molecule has 3 heterocycles. The number of hydrogen-bond acceptors (Lipinski definition) is 7. The van der Waals surface area contributed by atoms with Crippen molar-refractivity contribution in [3.05, 3.63) is 64.5 Å². The highest BCUT2D eigenvalue weighted by Crippen LogP contribution is 2.45. The molecule has 17 heteroatoms. The smallest absolute Gasteiger partial charge is 0.419 e. The van der Waals surface area contributed by atoms with E-state index in [1.54, 1.807) is 13.0 Å². The van der Waals surface area contributed by atoms with Crippen LogP contribution in [-0.4, -0.2) is 45.9 Å². The summed E-state index contributed by atoms with van der Waals surface area (Å²) in [6, 6.07) is 0.344. The summed E-state index contributed by atoms with van der Waals surface area (Å²) in [7, 11) is 1.23. The summed E-state index contributed by atoms with van der Waals surface area (Å²) >= 11 is 0. The van der Waals surface area contributed by atoms with Crippen molar-refractivity contribution in [3.8, 4) is 17.1 Å². The van der Waals surface area contributed by atoms with Gasteiger partial charge in [0.15, 0.2) is 5.82 Å². The zero-order chi connectivity index (χ0) is 34.1. The van der Waals surface area contributed by atoms with Gasteiger partial charge in [0.25, 0.3) is 5.91 Å². The molecule has 5 N–H and O–H groups in total. The molecule has 46 heavy (non-hydrogen) atoms. The summed E-state index contributed by atoms with van der Waals surface area (Å²) < 4.78 is 122. The van der Waals surface area contributed by atoms with Crippen molar-refractivity contribution in [2.75, 3.05) is 24.1 Å². The third kappa shape index (κ3) is 7.18. The van der Waals surface area contributed by atoms with E-state index in [4.69, 9.17) is 10.5 Å². The predicted octanol–water partition coefficient (Wildman–Crippen LogP) is 5.74. The van der Waals surface area contributed by atoms with Crippen molar-refractivity contribution >= 4 is 17.3 Å². The fraction of sp³-hybridized carbons (Fsp3) is 0.414. The maximum Gasteiger partial charge on any atom is 0.419 e. The number of nitrogens with one attached hydrogen (secondary N) is 3. The van der Waals surface area contributed by atoms with Gasteiger partial charge < -0.3 is 26.4 Å². The van der Waals surface area contributed by atoms with E-state index >= 15 is 4.39 Å². The first-order chi connectivity index (χ1) is 21.4.